The monoisotopic (exact) mass is 528 g/mol. The summed E-state index contributed by atoms with van der Waals surface area (Å²) in [6, 6.07) is 13.3. The van der Waals surface area contributed by atoms with Gasteiger partial charge in [0.2, 0.25) is 0 Å². The van der Waals surface area contributed by atoms with E-state index in [4.69, 9.17) is 4.74 Å². The standard InChI is InChI=1S/C29H28F4N2O3/c1-19-22(14-34-17-28(16-30,18-34)27(36)37)6-5-21-13-23(7-8-24(19)21)38-15-20-4-9-26(35-10-2-3-11-35)25(12-20)29(31,32)33/h2-4,7-13H,5-6,14-18H2,1H3,(H,36,37). The molecule has 2 heterocycles. The largest absolute Gasteiger partial charge is 0.489 e. The van der Waals surface area contributed by atoms with Gasteiger partial charge in [-0.2, -0.15) is 13.2 Å². The fourth-order valence-corrected chi connectivity index (χ4v) is 5.35. The molecule has 0 radical (unpaired) electrons. The van der Waals surface area contributed by atoms with Crippen molar-refractivity contribution < 1.29 is 32.2 Å². The minimum absolute atomic E-state index is 0.00273. The fraction of sp³-hybridized carbons (Fsp3) is 0.345. The zero-order valence-corrected chi connectivity index (χ0v) is 20.9. The molecule has 1 aliphatic carbocycles. The number of carboxylic acid groups (broad SMARTS) is 1. The van der Waals surface area contributed by atoms with Crippen LogP contribution >= 0.6 is 0 Å². The summed E-state index contributed by atoms with van der Waals surface area (Å²) in [5.74, 6) is -0.505. The van der Waals surface area contributed by atoms with E-state index >= 15 is 0 Å². The molecule has 9 heteroatoms. The molecule has 2 aromatic carbocycles. The van der Waals surface area contributed by atoms with Crippen LogP contribution in [0.5, 0.6) is 5.75 Å². The first-order valence-corrected chi connectivity index (χ1v) is 12.4. The highest BCUT2D eigenvalue weighted by molar-refractivity contribution is 5.77. The van der Waals surface area contributed by atoms with Gasteiger partial charge in [0.25, 0.3) is 0 Å². The SMILES string of the molecule is CC1=C(CN2CC(CF)(C(=O)O)C2)CCc2cc(OCc3ccc(-n4cccc4)c(C(F)(F)F)c3)ccc21. The lowest BCUT2D eigenvalue weighted by molar-refractivity contribution is -0.162. The number of halogens is 4. The van der Waals surface area contributed by atoms with Gasteiger partial charge in [-0.25, -0.2) is 4.39 Å². The summed E-state index contributed by atoms with van der Waals surface area (Å²) in [4.78, 5) is 13.3. The number of alkyl halides is 4. The van der Waals surface area contributed by atoms with Crippen LogP contribution in [0.15, 0.2) is 66.5 Å². The predicted molar refractivity (Wildman–Crippen MR) is 135 cm³/mol. The van der Waals surface area contributed by atoms with E-state index in [-0.39, 0.29) is 25.4 Å². The molecule has 0 spiro atoms. The highest BCUT2D eigenvalue weighted by atomic mass is 19.4. The summed E-state index contributed by atoms with van der Waals surface area (Å²) in [5, 5.41) is 9.29. The number of nitrogens with zero attached hydrogens (tertiary/aromatic N) is 2. The van der Waals surface area contributed by atoms with Crippen molar-refractivity contribution in [3.8, 4) is 11.4 Å². The molecule has 0 unspecified atom stereocenters. The molecule has 0 saturated carbocycles. The van der Waals surface area contributed by atoms with Gasteiger partial charge in [0, 0.05) is 32.0 Å². The fourth-order valence-electron chi connectivity index (χ4n) is 5.35. The maximum atomic E-state index is 13.7. The quantitative estimate of drug-likeness (QED) is 0.357. The molecule has 1 aliphatic heterocycles. The first-order chi connectivity index (χ1) is 18.1. The molecule has 5 rings (SSSR count). The average Bonchev–Trinajstić information content (AvgIpc) is 3.40. The van der Waals surface area contributed by atoms with Crippen molar-refractivity contribution in [3.05, 3.63) is 88.8 Å². The van der Waals surface area contributed by atoms with Crippen molar-refractivity contribution in [2.75, 3.05) is 26.3 Å². The van der Waals surface area contributed by atoms with E-state index in [1.165, 1.54) is 16.2 Å². The molecular weight excluding hydrogens is 500 g/mol. The smallest absolute Gasteiger partial charge is 0.418 e. The molecule has 1 fully saturated rings. The van der Waals surface area contributed by atoms with Gasteiger partial charge in [-0.15, -0.1) is 0 Å². The number of aliphatic carboxylic acids is 1. The molecule has 2 aliphatic rings. The Morgan fingerprint density at radius 1 is 1.08 bits per heavy atom. The summed E-state index contributed by atoms with van der Waals surface area (Å²) in [6.07, 6.45) is 0.216. The molecule has 1 N–H and O–H groups in total. The zero-order valence-electron chi connectivity index (χ0n) is 20.9. The minimum atomic E-state index is -4.50. The van der Waals surface area contributed by atoms with E-state index in [0.29, 0.717) is 17.9 Å². The second kappa shape index (κ2) is 9.94. The molecule has 5 nitrogen and oxygen atoms in total. The van der Waals surface area contributed by atoms with Gasteiger partial charge in [-0.3, -0.25) is 9.69 Å². The number of hydrogen-bond acceptors (Lipinski definition) is 3. The van der Waals surface area contributed by atoms with Gasteiger partial charge in [0.15, 0.2) is 0 Å². The van der Waals surface area contributed by atoms with E-state index in [0.717, 1.165) is 35.6 Å². The van der Waals surface area contributed by atoms with Crippen LogP contribution < -0.4 is 4.74 Å². The van der Waals surface area contributed by atoms with Crippen molar-refractivity contribution in [3.63, 3.8) is 0 Å². The summed E-state index contributed by atoms with van der Waals surface area (Å²) in [6.45, 7) is 2.19. The summed E-state index contributed by atoms with van der Waals surface area (Å²) in [7, 11) is 0. The number of carboxylic acids is 1. The van der Waals surface area contributed by atoms with Crippen molar-refractivity contribution in [2.45, 2.75) is 32.5 Å². The van der Waals surface area contributed by atoms with E-state index in [1.54, 1.807) is 30.6 Å². The Balaban J connectivity index is 1.27. The Hall–Kier alpha value is -3.59. The third-order valence-electron chi connectivity index (χ3n) is 7.54. The van der Waals surface area contributed by atoms with Crippen molar-refractivity contribution in [2.24, 2.45) is 5.41 Å². The van der Waals surface area contributed by atoms with Crippen LogP contribution in [0.4, 0.5) is 17.6 Å². The number of likely N-dealkylation sites (tertiary alicyclic amines) is 1. The number of benzene rings is 2. The van der Waals surface area contributed by atoms with Gasteiger partial charge in [0.1, 0.15) is 24.4 Å². The molecule has 0 atom stereocenters. The van der Waals surface area contributed by atoms with Crippen LogP contribution in [0, 0.1) is 5.41 Å². The maximum absolute atomic E-state index is 13.7. The lowest BCUT2D eigenvalue weighted by atomic mass is 9.79. The number of aryl methyl sites for hydroxylation is 1. The van der Waals surface area contributed by atoms with E-state index < -0.39 is 29.8 Å². The number of fused-ring (bicyclic) bond motifs is 1. The third-order valence-corrected chi connectivity index (χ3v) is 7.54. The van der Waals surface area contributed by atoms with Crippen LogP contribution in [-0.2, 0) is 24.0 Å². The number of rotatable bonds is 8. The second-order valence-electron chi connectivity index (χ2n) is 10.1. The molecule has 0 bridgehead atoms. The molecule has 0 amide bonds. The Morgan fingerprint density at radius 3 is 2.47 bits per heavy atom. The Kier molecular flexibility index (Phi) is 6.81. The van der Waals surface area contributed by atoms with Crippen LogP contribution in [-0.4, -0.2) is 46.9 Å². The Morgan fingerprint density at radius 2 is 1.82 bits per heavy atom. The topological polar surface area (TPSA) is 54.7 Å². The number of hydrogen-bond donors (Lipinski definition) is 1. The van der Waals surface area contributed by atoms with E-state index in [1.807, 2.05) is 30.0 Å². The first kappa shape index (κ1) is 26.0. The van der Waals surface area contributed by atoms with Crippen molar-refractivity contribution >= 4 is 11.5 Å². The highest BCUT2D eigenvalue weighted by Crippen LogP contribution is 2.38. The average molecular weight is 529 g/mol. The van der Waals surface area contributed by atoms with Gasteiger partial charge in [0.05, 0.1) is 11.3 Å². The van der Waals surface area contributed by atoms with Gasteiger partial charge in [-0.1, -0.05) is 17.7 Å². The van der Waals surface area contributed by atoms with Crippen molar-refractivity contribution in [1.82, 2.24) is 9.47 Å². The lowest BCUT2D eigenvalue weighted by Crippen LogP contribution is -2.62. The summed E-state index contributed by atoms with van der Waals surface area (Å²) in [5.41, 5.74) is 2.96. The molecule has 3 aromatic rings. The molecule has 200 valence electrons. The number of carbonyl (C=O) groups is 1. The number of ether oxygens (including phenoxy) is 1. The van der Waals surface area contributed by atoms with Crippen LogP contribution in [0.2, 0.25) is 0 Å². The normalized spacial score (nSPS) is 17.2. The molecule has 1 aromatic heterocycles. The summed E-state index contributed by atoms with van der Waals surface area (Å²) < 4.78 is 61.8. The second-order valence-corrected chi connectivity index (χ2v) is 10.1. The Bertz CT molecular complexity index is 1370. The highest BCUT2D eigenvalue weighted by Gasteiger charge is 2.50. The van der Waals surface area contributed by atoms with Gasteiger partial charge < -0.3 is 14.4 Å². The van der Waals surface area contributed by atoms with Crippen LogP contribution in [0.25, 0.3) is 11.3 Å². The van der Waals surface area contributed by atoms with Gasteiger partial charge in [-0.05, 0) is 78.4 Å². The third kappa shape index (κ3) is 4.95. The predicted octanol–water partition coefficient (Wildman–Crippen LogP) is 6.15. The Labute approximate surface area is 217 Å². The van der Waals surface area contributed by atoms with E-state index in [2.05, 4.69) is 0 Å². The minimum Gasteiger partial charge on any atom is -0.489 e. The number of aromatic nitrogens is 1. The summed E-state index contributed by atoms with van der Waals surface area (Å²) >= 11 is 0. The maximum Gasteiger partial charge on any atom is 0.418 e. The molecule has 38 heavy (non-hydrogen) atoms. The van der Waals surface area contributed by atoms with Crippen LogP contribution in [0.1, 0.15) is 35.6 Å². The lowest BCUT2D eigenvalue weighted by Gasteiger charge is -2.46. The van der Waals surface area contributed by atoms with Crippen LogP contribution in [0.3, 0.4) is 0 Å². The van der Waals surface area contributed by atoms with E-state index in [9.17, 15) is 27.5 Å². The first-order valence-electron chi connectivity index (χ1n) is 12.4. The zero-order chi connectivity index (χ0) is 27.1. The molecular formula is C29H28F4N2O3. The number of allylic oxidation sites excluding steroid dienone is 1. The molecule has 1 saturated heterocycles. The van der Waals surface area contributed by atoms with Gasteiger partial charge >= 0.3 is 12.1 Å². The van der Waals surface area contributed by atoms with Crippen molar-refractivity contribution in [1.29, 1.82) is 0 Å².